The minimum Gasteiger partial charge on any atom is -0.394 e. The summed E-state index contributed by atoms with van der Waals surface area (Å²) >= 11 is 0. The highest BCUT2D eigenvalue weighted by molar-refractivity contribution is 5.81. The lowest BCUT2D eigenvalue weighted by Gasteiger charge is -2.11. The molecule has 90 valence electrons. The highest BCUT2D eigenvalue weighted by Crippen LogP contribution is 2.13. The predicted octanol–water partition coefficient (Wildman–Crippen LogP) is 2.77. The Kier molecular flexibility index (Phi) is 3.47. The number of para-hydroxylation sites is 1. The third-order valence-electron chi connectivity index (χ3n) is 3.02. The van der Waals surface area contributed by atoms with Crippen LogP contribution in [0.1, 0.15) is 26.2 Å². The highest BCUT2D eigenvalue weighted by Gasteiger charge is 2.05. The topological polar surface area (TPSA) is 48.0 Å². The van der Waals surface area contributed by atoms with E-state index in [1.165, 1.54) is 12.8 Å². The SMILES string of the molecule is CCCCCn1cc(N)c(=O)c2ccccc21. The molecule has 0 fully saturated rings. The molecule has 1 heterocycles. The Labute approximate surface area is 101 Å². The van der Waals surface area contributed by atoms with Crippen molar-refractivity contribution in [1.29, 1.82) is 0 Å². The van der Waals surface area contributed by atoms with Crippen molar-refractivity contribution >= 4 is 16.6 Å². The minimum atomic E-state index is -0.0626. The number of fused-ring (bicyclic) bond motifs is 1. The largest absolute Gasteiger partial charge is 0.394 e. The Morgan fingerprint density at radius 2 is 2.00 bits per heavy atom. The first-order valence-electron chi connectivity index (χ1n) is 6.11. The van der Waals surface area contributed by atoms with E-state index in [0.717, 1.165) is 18.5 Å². The number of pyridine rings is 1. The summed E-state index contributed by atoms with van der Waals surface area (Å²) in [7, 11) is 0. The third kappa shape index (κ3) is 2.33. The number of nitrogens with zero attached hydrogens (tertiary/aromatic N) is 1. The van der Waals surface area contributed by atoms with Crippen molar-refractivity contribution in [1.82, 2.24) is 4.57 Å². The molecule has 17 heavy (non-hydrogen) atoms. The van der Waals surface area contributed by atoms with Crippen molar-refractivity contribution in [2.24, 2.45) is 0 Å². The maximum absolute atomic E-state index is 11.9. The first-order chi connectivity index (χ1) is 8.24. The van der Waals surface area contributed by atoms with E-state index in [9.17, 15) is 4.79 Å². The average molecular weight is 230 g/mol. The van der Waals surface area contributed by atoms with Gasteiger partial charge in [0.05, 0.1) is 11.2 Å². The average Bonchev–Trinajstić information content (AvgIpc) is 2.36. The zero-order valence-corrected chi connectivity index (χ0v) is 10.1. The standard InChI is InChI=1S/C14H18N2O/c1-2-3-6-9-16-10-12(15)14(17)11-7-4-5-8-13(11)16/h4-5,7-8,10H,2-3,6,9,15H2,1H3. The Morgan fingerprint density at radius 3 is 2.76 bits per heavy atom. The lowest BCUT2D eigenvalue weighted by Crippen LogP contribution is -2.14. The van der Waals surface area contributed by atoms with Crippen molar-refractivity contribution in [3.8, 4) is 0 Å². The van der Waals surface area contributed by atoms with E-state index in [2.05, 4.69) is 11.5 Å². The number of rotatable bonds is 4. The summed E-state index contributed by atoms with van der Waals surface area (Å²) in [4.78, 5) is 11.9. The number of hydrogen-bond donors (Lipinski definition) is 1. The fourth-order valence-corrected chi connectivity index (χ4v) is 2.08. The second kappa shape index (κ2) is 5.04. The van der Waals surface area contributed by atoms with Gasteiger partial charge in [-0.15, -0.1) is 0 Å². The number of aromatic nitrogens is 1. The molecular formula is C14H18N2O. The van der Waals surface area contributed by atoms with Crippen LogP contribution in [0.3, 0.4) is 0 Å². The Hall–Kier alpha value is -1.77. The van der Waals surface area contributed by atoms with Gasteiger partial charge in [-0.05, 0) is 18.6 Å². The maximum Gasteiger partial charge on any atom is 0.212 e. The van der Waals surface area contributed by atoms with Crippen LogP contribution in [-0.4, -0.2) is 4.57 Å². The second-order valence-corrected chi connectivity index (χ2v) is 4.33. The van der Waals surface area contributed by atoms with E-state index < -0.39 is 0 Å². The van der Waals surface area contributed by atoms with Crippen molar-refractivity contribution < 1.29 is 0 Å². The molecule has 0 atom stereocenters. The van der Waals surface area contributed by atoms with Gasteiger partial charge >= 0.3 is 0 Å². The molecule has 0 unspecified atom stereocenters. The van der Waals surface area contributed by atoms with Gasteiger partial charge in [-0.1, -0.05) is 31.9 Å². The third-order valence-corrected chi connectivity index (χ3v) is 3.02. The van der Waals surface area contributed by atoms with Gasteiger partial charge in [-0.2, -0.15) is 0 Å². The van der Waals surface area contributed by atoms with Gasteiger partial charge in [-0.3, -0.25) is 4.79 Å². The number of anilines is 1. The Balaban J connectivity index is 2.48. The van der Waals surface area contributed by atoms with E-state index in [1.54, 1.807) is 6.20 Å². The molecule has 2 N–H and O–H groups in total. The molecule has 0 radical (unpaired) electrons. The van der Waals surface area contributed by atoms with Crippen LogP contribution in [0.2, 0.25) is 0 Å². The molecule has 0 saturated heterocycles. The van der Waals surface area contributed by atoms with Crippen LogP contribution in [0.15, 0.2) is 35.3 Å². The molecule has 0 bridgehead atoms. The molecule has 1 aromatic heterocycles. The Bertz CT molecular complexity index is 572. The van der Waals surface area contributed by atoms with E-state index in [4.69, 9.17) is 5.73 Å². The van der Waals surface area contributed by atoms with Crippen molar-refractivity contribution in [3.63, 3.8) is 0 Å². The molecule has 2 rings (SSSR count). The molecule has 0 aliphatic heterocycles. The second-order valence-electron chi connectivity index (χ2n) is 4.33. The summed E-state index contributed by atoms with van der Waals surface area (Å²) in [6.07, 6.45) is 5.26. The number of aryl methyl sites for hydroxylation is 1. The summed E-state index contributed by atoms with van der Waals surface area (Å²) < 4.78 is 2.09. The number of hydrogen-bond acceptors (Lipinski definition) is 2. The monoisotopic (exact) mass is 230 g/mol. The first-order valence-corrected chi connectivity index (χ1v) is 6.11. The maximum atomic E-state index is 11.9. The molecule has 3 nitrogen and oxygen atoms in total. The van der Waals surface area contributed by atoms with Crippen LogP contribution < -0.4 is 11.2 Å². The van der Waals surface area contributed by atoms with Gasteiger partial charge in [0.15, 0.2) is 0 Å². The summed E-state index contributed by atoms with van der Waals surface area (Å²) in [5, 5.41) is 0.712. The number of nitrogens with two attached hydrogens (primary N) is 1. The van der Waals surface area contributed by atoms with Crippen LogP contribution >= 0.6 is 0 Å². The molecule has 0 amide bonds. The van der Waals surface area contributed by atoms with Crippen LogP contribution in [0.25, 0.3) is 10.9 Å². The van der Waals surface area contributed by atoms with Crippen LogP contribution in [0, 0.1) is 0 Å². The minimum absolute atomic E-state index is 0.0626. The van der Waals surface area contributed by atoms with E-state index >= 15 is 0 Å². The van der Waals surface area contributed by atoms with E-state index in [-0.39, 0.29) is 5.43 Å². The predicted molar refractivity (Wildman–Crippen MR) is 72.1 cm³/mol. The number of unbranched alkanes of at least 4 members (excludes halogenated alkanes) is 2. The van der Waals surface area contributed by atoms with E-state index in [1.807, 2.05) is 24.3 Å². The smallest absolute Gasteiger partial charge is 0.212 e. The summed E-state index contributed by atoms with van der Waals surface area (Å²) in [6, 6.07) is 7.64. The zero-order chi connectivity index (χ0) is 12.3. The van der Waals surface area contributed by atoms with Gasteiger partial charge in [0.25, 0.3) is 0 Å². The molecule has 0 spiro atoms. The number of nitrogen functional groups attached to an aromatic ring is 1. The lowest BCUT2D eigenvalue weighted by molar-refractivity contribution is 0.614. The molecule has 1 aromatic carbocycles. The fraction of sp³-hybridized carbons (Fsp3) is 0.357. The van der Waals surface area contributed by atoms with Gasteiger partial charge in [0.2, 0.25) is 5.43 Å². The highest BCUT2D eigenvalue weighted by atomic mass is 16.1. The zero-order valence-electron chi connectivity index (χ0n) is 10.1. The normalized spacial score (nSPS) is 10.9. The summed E-state index contributed by atoms with van der Waals surface area (Å²) in [6.45, 7) is 3.09. The summed E-state index contributed by atoms with van der Waals surface area (Å²) in [5.74, 6) is 0. The quantitative estimate of drug-likeness (QED) is 0.821. The van der Waals surface area contributed by atoms with Gasteiger partial charge in [0.1, 0.15) is 0 Å². The van der Waals surface area contributed by atoms with Crippen molar-refractivity contribution in [2.45, 2.75) is 32.7 Å². The molecule has 3 heteroatoms. The molecule has 0 aliphatic carbocycles. The molecule has 0 aliphatic rings. The lowest BCUT2D eigenvalue weighted by atomic mass is 10.2. The van der Waals surface area contributed by atoms with Crippen molar-refractivity contribution in [3.05, 3.63) is 40.7 Å². The van der Waals surface area contributed by atoms with Crippen LogP contribution in [0.5, 0.6) is 0 Å². The van der Waals surface area contributed by atoms with E-state index in [0.29, 0.717) is 11.1 Å². The van der Waals surface area contributed by atoms with Crippen LogP contribution in [0.4, 0.5) is 5.69 Å². The molecule has 2 aromatic rings. The van der Waals surface area contributed by atoms with Gasteiger partial charge in [0, 0.05) is 18.1 Å². The molecule has 0 saturated carbocycles. The molecular weight excluding hydrogens is 212 g/mol. The van der Waals surface area contributed by atoms with Crippen molar-refractivity contribution in [2.75, 3.05) is 5.73 Å². The first kappa shape index (κ1) is 11.7. The van der Waals surface area contributed by atoms with Crippen LogP contribution in [-0.2, 0) is 6.54 Å². The summed E-state index contributed by atoms with van der Waals surface area (Å²) in [5.41, 5.74) is 7.00. The Morgan fingerprint density at radius 1 is 1.24 bits per heavy atom. The van der Waals surface area contributed by atoms with Gasteiger partial charge < -0.3 is 10.3 Å². The van der Waals surface area contributed by atoms with Gasteiger partial charge in [-0.25, -0.2) is 0 Å². The fourth-order valence-electron chi connectivity index (χ4n) is 2.08. The number of benzene rings is 1.